The number of hydrogen-bond acceptors (Lipinski definition) is 6. The van der Waals surface area contributed by atoms with Crippen LogP contribution < -0.4 is 20.7 Å². The molecule has 6 nitrogen and oxygen atoms in total. The number of aromatic nitrogens is 2. The minimum atomic E-state index is -0.276. The molecule has 3 N–H and O–H groups in total. The van der Waals surface area contributed by atoms with Crippen molar-refractivity contribution in [2.75, 3.05) is 6.61 Å². The first-order chi connectivity index (χ1) is 9.38. The molecule has 3 rings (SSSR count). The summed E-state index contributed by atoms with van der Waals surface area (Å²) in [6, 6.07) is 7.27. The third-order valence-corrected chi connectivity index (χ3v) is 2.98. The average Bonchev–Trinajstić information content (AvgIpc) is 2.49. The normalized spacial score (nSPS) is 18.9. The topological polar surface area (TPSA) is 82.3 Å². The van der Waals surface area contributed by atoms with E-state index in [-0.39, 0.29) is 12.1 Å². The predicted molar refractivity (Wildman–Crippen MR) is 68.4 cm³/mol. The maximum atomic E-state index is 5.90. The number of nitrogens with zero attached hydrogens (tertiary/aromatic N) is 2. The number of hydrazine groups is 1. The van der Waals surface area contributed by atoms with E-state index in [2.05, 4.69) is 15.4 Å². The Morgan fingerprint density at radius 2 is 2.11 bits per heavy atom. The summed E-state index contributed by atoms with van der Waals surface area (Å²) in [5.41, 5.74) is 3.43. The highest BCUT2D eigenvalue weighted by Crippen LogP contribution is 2.33. The highest BCUT2D eigenvalue weighted by Gasteiger charge is 2.30. The van der Waals surface area contributed by atoms with E-state index in [1.54, 1.807) is 18.6 Å². The van der Waals surface area contributed by atoms with Crippen LogP contribution in [0.5, 0.6) is 11.5 Å². The van der Waals surface area contributed by atoms with E-state index < -0.39 is 0 Å². The summed E-state index contributed by atoms with van der Waals surface area (Å²) in [5, 5.41) is 0. The number of fused-ring (bicyclic) bond motifs is 1. The van der Waals surface area contributed by atoms with Crippen LogP contribution in [-0.2, 0) is 0 Å². The van der Waals surface area contributed by atoms with Gasteiger partial charge in [0.05, 0.1) is 11.9 Å². The molecule has 0 fully saturated rings. The summed E-state index contributed by atoms with van der Waals surface area (Å²) in [4.78, 5) is 8.28. The van der Waals surface area contributed by atoms with Gasteiger partial charge in [0.2, 0.25) is 0 Å². The van der Waals surface area contributed by atoms with Crippen LogP contribution >= 0.6 is 0 Å². The van der Waals surface area contributed by atoms with Gasteiger partial charge in [0.1, 0.15) is 12.6 Å². The van der Waals surface area contributed by atoms with Crippen molar-refractivity contribution in [2.45, 2.75) is 12.1 Å². The molecular formula is C13H14N4O2. The zero-order valence-electron chi connectivity index (χ0n) is 10.2. The number of hydrogen-bond donors (Lipinski definition) is 2. The van der Waals surface area contributed by atoms with Gasteiger partial charge >= 0.3 is 0 Å². The highest BCUT2D eigenvalue weighted by molar-refractivity contribution is 5.41. The van der Waals surface area contributed by atoms with E-state index in [1.807, 2.05) is 24.3 Å². The Bertz CT molecular complexity index is 549. The van der Waals surface area contributed by atoms with Crippen LogP contribution in [0.2, 0.25) is 0 Å². The molecule has 1 aliphatic heterocycles. The Morgan fingerprint density at radius 3 is 2.84 bits per heavy atom. The molecule has 0 saturated heterocycles. The van der Waals surface area contributed by atoms with Crippen molar-refractivity contribution in [3.8, 4) is 11.5 Å². The van der Waals surface area contributed by atoms with Gasteiger partial charge in [-0.2, -0.15) is 0 Å². The minimum Gasteiger partial charge on any atom is -0.486 e. The molecule has 98 valence electrons. The van der Waals surface area contributed by atoms with Gasteiger partial charge in [-0.05, 0) is 12.1 Å². The molecule has 2 heterocycles. The Labute approximate surface area is 110 Å². The lowest BCUT2D eigenvalue weighted by atomic mass is 10.1. The molecule has 0 radical (unpaired) electrons. The van der Waals surface area contributed by atoms with Crippen molar-refractivity contribution in [2.24, 2.45) is 5.84 Å². The van der Waals surface area contributed by atoms with E-state index in [0.717, 1.165) is 11.4 Å². The SMILES string of the molecule is NNC(c1cnccn1)C1COc2ccccc2O1. The lowest BCUT2D eigenvalue weighted by Gasteiger charge is -2.31. The zero-order chi connectivity index (χ0) is 13.1. The first-order valence-corrected chi connectivity index (χ1v) is 5.99. The van der Waals surface area contributed by atoms with Gasteiger partial charge in [0.25, 0.3) is 0 Å². The summed E-state index contributed by atoms with van der Waals surface area (Å²) in [6.45, 7) is 0.405. The van der Waals surface area contributed by atoms with E-state index in [1.165, 1.54) is 0 Å². The molecule has 0 spiro atoms. The Kier molecular flexibility index (Phi) is 3.26. The van der Waals surface area contributed by atoms with Crippen molar-refractivity contribution >= 4 is 0 Å². The second-order valence-electron chi connectivity index (χ2n) is 4.19. The molecule has 2 aromatic rings. The lowest BCUT2D eigenvalue weighted by molar-refractivity contribution is 0.0604. The van der Waals surface area contributed by atoms with Gasteiger partial charge in [0.15, 0.2) is 17.6 Å². The van der Waals surface area contributed by atoms with Crippen LogP contribution in [0.1, 0.15) is 11.7 Å². The molecule has 1 aliphatic rings. The molecule has 0 aliphatic carbocycles. The van der Waals surface area contributed by atoms with Crippen LogP contribution in [0, 0.1) is 0 Å². The summed E-state index contributed by atoms with van der Waals surface area (Å²) < 4.78 is 11.6. The molecule has 6 heteroatoms. The quantitative estimate of drug-likeness (QED) is 0.626. The van der Waals surface area contributed by atoms with E-state index in [0.29, 0.717) is 12.4 Å². The highest BCUT2D eigenvalue weighted by atomic mass is 16.6. The molecule has 0 saturated carbocycles. The molecule has 1 aromatic heterocycles. The lowest BCUT2D eigenvalue weighted by Crippen LogP contribution is -2.44. The number of rotatable bonds is 3. The molecule has 2 atom stereocenters. The first kappa shape index (κ1) is 11.9. The van der Waals surface area contributed by atoms with Crippen LogP contribution in [0.4, 0.5) is 0 Å². The third kappa shape index (κ3) is 2.35. The molecule has 19 heavy (non-hydrogen) atoms. The maximum Gasteiger partial charge on any atom is 0.161 e. The molecular weight excluding hydrogens is 244 g/mol. The van der Waals surface area contributed by atoms with Crippen LogP contribution in [-0.4, -0.2) is 22.7 Å². The first-order valence-electron chi connectivity index (χ1n) is 5.99. The van der Waals surface area contributed by atoms with Gasteiger partial charge in [-0.1, -0.05) is 12.1 Å². The second kappa shape index (κ2) is 5.21. The van der Waals surface area contributed by atoms with E-state index in [4.69, 9.17) is 15.3 Å². The van der Waals surface area contributed by atoms with Crippen LogP contribution in [0.15, 0.2) is 42.9 Å². The van der Waals surface area contributed by atoms with Gasteiger partial charge in [-0.3, -0.25) is 15.8 Å². The summed E-state index contributed by atoms with van der Waals surface area (Å²) in [5.74, 6) is 7.06. The Hall–Kier alpha value is -2.18. The molecule has 2 unspecified atom stereocenters. The van der Waals surface area contributed by atoms with Crippen molar-refractivity contribution in [1.82, 2.24) is 15.4 Å². The Morgan fingerprint density at radius 1 is 1.26 bits per heavy atom. The van der Waals surface area contributed by atoms with Gasteiger partial charge in [-0.25, -0.2) is 5.43 Å². The summed E-state index contributed by atoms with van der Waals surface area (Å²) >= 11 is 0. The average molecular weight is 258 g/mol. The number of para-hydroxylation sites is 2. The maximum absolute atomic E-state index is 5.90. The summed E-state index contributed by atoms with van der Waals surface area (Å²) in [6.07, 6.45) is 4.65. The minimum absolute atomic E-state index is 0.253. The number of nitrogens with two attached hydrogens (primary N) is 1. The predicted octanol–water partition coefficient (Wildman–Crippen LogP) is 0.821. The monoisotopic (exact) mass is 258 g/mol. The van der Waals surface area contributed by atoms with Crippen molar-refractivity contribution in [3.63, 3.8) is 0 Å². The fourth-order valence-corrected chi connectivity index (χ4v) is 2.05. The summed E-state index contributed by atoms with van der Waals surface area (Å²) in [7, 11) is 0. The van der Waals surface area contributed by atoms with E-state index in [9.17, 15) is 0 Å². The van der Waals surface area contributed by atoms with Crippen LogP contribution in [0.3, 0.4) is 0 Å². The largest absolute Gasteiger partial charge is 0.486 e. The zero-order valence-corrected chi connectivity index (χ0v) is 10.2. The van der Waals surface area contributed by atoms with E-state index >= 15 is 0 Å². The number of nitrogens with one attached hydrogen (secondary N) is 1. The van der Waals surface area contributed by atoms with Gasteiger partial charge in [0, 0.05) is 12.4 Å². The number of ether oxygens (including phenoxy) is 2. The Balaban J connectivity index is 1.83. The number of benzene rings is 1. The van der Waals surface area contributed by atoms with Gasteiger partial charge in [-0.15, -0.1) is 0 Å². The van der Waals surface area contributed by atoms with Crippen molar-refractivity contribution in [3.05, 3.63) is 48.5 Å². The molecule has 0 amide bonds. The smallest absolute Gasteiger partial charge is 0.161 e. The van der Waals surface area contributed by atoms with Crippen molar-refractivity contribution in [1.29, 1.82) is 0 Å². The standard InChI is InChI=1S/C13H14N4O2/c14-17-13(9-7-15-5-6-16-9)12-8-18-10-3-1-2-4-11(10)19-12/h1-7,12-13,17H,8,14H2. The fraction of sp³-hybridized carbons (Fsp3) is 0.231. The molecule has 1 aromatic carbocycles. The fourth-order valence-electron chi connectivity index (χ4n) is 2.05. The molecule has 0 bridgehead atoms. The van der Waals surface area contributed by atoms with Crippen molar-refractivity contribution < 1.29 is 9.47 Å². The third-order valence-electron chi connectivity index (χ3n) is 2.98. The second-order valence-corrected chi connectivity index (χ2v) is 4.19. The van der Waals surface area contributed by atoms with Crippen LogP contribution in [0.25, 0.3) is 0 Å². The van der Waals surface area contributed by atoms with Gasteiger partial charge < -0.3 is 9.47 Å².